The topological polar surface area (TPSA) is 76.6 Å². The first-order chi connectivity index (χ1) is 20.7. The number of allylic oxidation sites excluding steroid dienone is 7. The number of hydrogen-bond acceptors (Lipinski definition) is 5. The van der Waals surface area contributed by atoms with Crippen LogP contribution in [0.4, 0.5) is 11.4 Å². The molecule has 1 aromatic heterocycles. The Hall–Kier alpha value is -5.78. The lowest BCUT2D eigenvalue weighted by Gasteiger charge is -2.30. The summed E-state index contributed by atoms with van der Waals surface area (Å²) in [5, 5.41) is 20.4. The summed E-state index contributed by atoms with van der Waals surface area (Å²) in [5.41, 5.74) is 6.93. The fraction of sp³-hybridized carbons (Fsp3) is 0.0811. The van der Waals surface area contributed by atoms with Crippen LogP contribution in [0.3, 0.4) is 0 Å². The first-order valence-electron chi connectivity index (χ1n) is 13.8. The molecule has 0 saturated heterocycles. The third-order valence-electron chi connectivity index (χ3n) is 7.51. The van der Waals surface area contributed by atoms with E-state index in [1.165, 1.54) is 5.56 Å². The molecule has 0 saturated carbocycles. The molecule has 2 atom stereocenters. The summed E-state index contributed by atoms with van der Waals surface area (Å²) in [5.74, 6) is 0.620. The summed E-state index contributed by atoms with van der Waals surface area (Å²) in [6, 6.07) is 28.5. The highest BCUT2D eigenvalue weighted by atomic mass is 15.2. The number of para-hydroxylation sites is 1. The quantitative estimate of drug-likeness (QED) is 0.221. The molecular weight excluding hydrogens is 514 g/mol. The van der Waals surface area contributed by atoms with Crippen LogP contribution in [0.2, 0.25) is 0 Å². The molecule has 0 spiro atoms. The van der Waals surface area contributed by atoms with Crippen molar-refractivity contribution < 1.29 is 0 Å². The number of anilines is 2. The van der Waals surface area contributed by atoms with Gasteiger partial charge in [0.15, 0.2) is 5.82 Å². The van der Waals surface area contributed by atoms with Crippen LogP contribution in [0.5, 0.6) is 0 Å². The van der Waals surface area contributed by atoms with Crippen LogP contribution in [0.1, 0.15) is 28.3 Å². The number of hydrogen-bond donors (Lipinski definition) is 0. The van der Waals surface area contributed by atoms with Crippen LogP contribution < -0.4 is 4.90 Å². The van der Waals surface area contributed by atoms with Gasteiger partial charge in [0.25, 0.3) is 0 Å². The maximum Gasteiger partial charge on any atom is 0.161 e. The van der Waals surface area contributed by atoms with E-state index < -0.39 is 0 Å². The molecule has 4 aromatic rings. The molecule has 0 N–H and O–H groups in total. The van der Waals surface area contributed by atoms with Gasteiger partial charge in [-0.15, -0.1) is 0 Å². The minimum atomic E-state index is 0.0150. The van der Waals surface area contributed by atoms with E-state index in [0.717, 1.165) is 28.3 Å². The minimum Gasteiger partial charge on any atom is -0.332 e. The second-order valence-corrected chi connectivity index (χ2v) is 10.0. The number of rotatable bonds is 7. The Bertz CT molecular complexity index is 1860. The summed E-state index contributed by atoms with van der Waals surface area (Å²) in [4.78, 5) is 12.1. The summed E-state index contributed by atoms with van der Waals surface area (Å²) >= 11 is 0. The number of benzene rings is 3. The molecule has 200 valence electrons. The molecule has 2 heterocycles. The van der Waals surface area contributed by atoms with Gasteiger partial charge in [-0.3, -0.25) is 0 Å². The Morgan fingerprint density at radius 1 is 0.810 bits per heavy atom. The monoisotopic (exact) mass is 541 g/mol. The van der Waals surface area contributed by atoms with E-state index >= 15 is 0 Å². The van der Waals surface area contributed by atoms with Gasteiger partial charge in [0, 0.05) is 34.8 Å². The molecule has 0 radical (unpaired) electrons. The van der Waals surface area contributed by atoms with E-state index in [-0.39, 0.29) is 12.0 Å². The molecule has 0 fully saturated rings. The highest BCUT2D eigenvalue weighted by molar-refractivity contribution is 5.83. The summed E-state index contributed by atoms with van der Waals surface area (Å²) < 4.78 is 0. The highest BCUT2D eigenvalue weighted by Crippen LogP contribution is 2.49. The Kier molecular flexibility index (Phi) is 7.40. The number of nitriles is 2. The van der Waals surface area contributed by atoms with Gasteiger partial charge >= 0.3 is 0 Å². The molecule has 3 aromatic carbocycles. The van der Waals surface area contributed by atoms with Gasteiger partial charge in [-0.25, -0.2) is 9.97 Å². The Morgan fingerprint density at radius 3 is 2.40 bits per heavy atom. The largest absolute Gasteiger partial charge is 0.332 e. The Morgan fingerprint density at radius 2 is 1.60 bits per heavy atom. The predicted molar refractivity (Wildman–Crippen MR) is 168 cm³/mol. The lowest BCUT2D eigenvalue weighted by Crippen LogP contribution is -2.29. The molecular formula is C37H27N5. The zero-order chi connectivity index (χ0) is 28.9. The van der Waals surface area contributed by atoms with Gasteiger partial charge in [0.1, 0.15) is 6.07 Å². The van der Waals surface area contributed by atoms with Gasteiger partial charge in [0.05, 0.1) is 34.6 Å². The first-order valence-corrected chi connectivity index (χ1v) is 13.8. The minimum absolute atomic E-state index is 0.0150. The van der Waals surface area contributed by atoms with E-state index in [0.29, 0.717) is 28.9 Å². The van der Waals surface area contributed by atoms with Crippen molar-refractivity contribution in [3.8, 4) is 34.8 Å². The van der Waals surface area contributed by atoms with Crippen molar-refractivity contribution in [3.63, 3.8) is 0 Å². The third-order valence-corrected chi connectivity index (χ3v) is 7.51. The van der Waals surface area contributed by atoms with Crippen LogP contribution in [-0.2, 0) is 6.42 Å². The summed E-state index contributed by atoms with van der Waals surface area (Å²) in [6.45, 7) is 3.71. The van der Waals surface area contributed by atoms with Gasteiger partial charge < -0.3 is 4.90 Å². The average Bonchev–Trinajstić information content (AvgIpc) is 3.38. The number of nitrogens with zero attached hydrogens (tertiary/aromatic N) is 5. The Labute approximate surface area is 246 Å². The van der Waals surface area contributed by atoms with E-state index in [4.69, 9.17) is 9.97 Å². The number of aromatic nitrogens is 2. The van der Waals surface area contributed by atoms with Crippen molar-refractivity contribution in [3.05, 3.63) is 156 Å². The standard InChI is InChI=1S/C37H27N5/c1-2-3-4-5-9-16-29-22-33(26-14-7-6-8-15-26)41-37(40-29)32-23-36(28(25-39)21-27(32)24-38)42-34-19-12-10-17-30(34)31-18-11-13-20-35(31)42/h2-15,17-23,30,34H,1,16H2/b4-3-,9-5-. The van der Waals surface area contributed by atoms with Crippen LogP contribution in [0, 0.1) is 22.7 Å². The zero-order valence-electron chi connectivity index (χ0n) is 22.9. The summed E-state index contributed by atoms with van der Waals surface area (Å²) in [6.07, 6.45) is 18.6. The van der Waals surface area contributed by atoms with E-state index in [1.807, 2.05) is 85.0 Å². The van der Waals surface area contributed by atoms with Gasteiger partial charge in [0.2, 0.25) is 0 Å². The van der Waals surface area contributed by atoms with E-state index in [9.17, 15) is 10.5 Å². The second kappa shape index (κ2) is 11.8. The predicted octanol–water partition coefficient (Wildman–Crippen LogP) is 8.12. The molecule has 1 aliphatic heterocycles. The van der Waals surface area contributed by atoms with Gasteiger partial charge in [-0.2, -0.15) is 10.5 Å². The smallest absolute Gasteiger partial charge is 0.161 e. The normalized spacial score (nSPS) is 16.8. The SMILES string of the molecule is C=C/C=C\C=C/Cc1cc(-c2ccccc2)nc(-c2cc(N3c4ccccc4C4C=CC=CC43)c(C#N)cc2C#N)n1. The summed E-state index contributed by atoms with van der Waals surface area (Å²) in [7, 11) is 0. The van der Waals surface area contributed by atoms with Crippen LogP contribution in [0.25, 0.3) is 22.6 Å². The maximum absolute atomic E-state index is 10.2. The molecule has 6 rings (SSSR count). The molecule has 2 aliphatic rings. The zero-order valence-corrected chi connectivity index (χ0v) is 22.9. The van der Waals surface area contributed by atoms with E-state index in [1.54, 1.807) is 12.1 Å². The molecule has 0 bridgehead atoms. The molecule has 5 heteroatoms. The molecule has 0 amide bonds. The van der Waals surface area contributed by atoms with E-state index in [2.05, 4.69) is 54.0 Å². The van der Waals surface area contributed by atoms with Crippen molar-refractivity contribution in [1.82, 2.24) is 9.97 Å². The first kappa shape index (κ1) is 26.4. The van der Waals surface area contributed by atoms with Crippen molar-refractivity contribution in [1.29, 1.82) is 10.5 Å². The second-order valence-electron chi connectivity index (χ2n) is 10.0. The highest BCUT2D eigenvalue weighted by Gasteiger charge is 2.38. The lowest BCUT2D eigenvalue weighted by molar-refractivity contribution is 0.744. The molecule has 1 aliphatic carbocycles. The van der Waals surface area contributed by atoms with Crippen LogP contribution in [-0.4, -0.2) is 16.0 Å². The van der Waals surface area contributed by atoms with Gasteiger partial charge in [-0.1, -0.05) is 110 Å². The third kappa shape index (κ3) is 4.96. The fourth-order valence-corrected chi connectivity index (χ4v) is 5.61. The molecule has 2 unspecified atom stereocenters. The van der Waals surface area contributed by atoms with Gasteiger partial charge in [-0.05, 0) is 29.8 Å². The Balaban J connectivity index is 1.52. The average molecular weight is 542 g/mol. The van der Waals surface area contributed by atoms with Crippen LogP contribution in [0.15, 0.2) is 134 Å². The maximum atomic E-state index is 10.2. The number of fused-ring (bicyclic) bond motifs is 3. The van der Waals surface area contributed by atoms with Crippen LogP contribution >= 0.6 is 0 Å². The van der Waals surface area contributed by atoms with Crippen molar-refractivity contribution >= 4 is 11.4 Å². The van der Waals surface area contributed by atoms with Crippen molar-refractivity contribution in [2.24, 2.45) is 0 Å². The molecule has 5 nitrogen and oxygen atoms in total. The molecule has 42 heavy (non-hydrogen) atoms. The van der Waals surface area contributed by atoms with Crippen molar-refractivity contribution in [2.75, 3.05) is 4.90 Å². The fourth-order valence-electron chi connectivity index (χ4n) is 5.61. The lowest BCUT2D eigenvalue weighted by atomic mass is 9.91. The van der Waals surface area contributed by atoms with Crippen molar-refractivity contribution in [2.45, 2.75) is 18.4 Å².